The van der Waals surface area contributed by atoms with E-state index in [0.29, 0.717) is 6.10 Å². The van der Waals surface area contributed by atoms with Crippen LogP contribution in [0.25, 0.3) is 0 Å². The minimum Gasteiger partial charge on any atom is -0.377 e. The molecule has 1 saturated heterocycles. The summed E-state index contributed by atoms with van der Waals surface area (Å²) < 4.78 is 5.73. The highest BCUT2D eigenvalue weighted by molar-refractivity contribution is 7.09. The number of likely N-dealkylation sites (N-methyl/N-ethyl adjacent to an activating group) is 1. The van der Waals surface area contributed by atoms with Gasteiger partial charge in [0.1, 0.15) is 5.01 Å². The van der Waals surface area contributed by atoms with Gasteiger partial charge in [-0.1, -0.05) is 6.92 Å². The van der Waals surface area contributed by atoms with E-state index < -0.39 is 0 Å². The molecule has 2 heterocycles. The van der Waals surface area contributed by atoms with Crippen LogP contribution in [-0.2, 0) is 17.8 Å². The van der Waals surface area contributed by atoms with E-state index in [0.717, 1.165) is 38.8 Å². The van der Waals surface area contributed by atoms with Crippen LogP contribution in [-0.4, -0.2) is 41.7 Å². The van der Waals surface area contributed by atoms with Gasteiger partial charge in [0.05, 0.1) is 11.8 Å². The number of ether oxygens (including phenoxy) is 1. The summed E-state index contributed by atoms with van der Waals surface area (Å²) in [5.74, 6) is 0. The van der Waals surface area contributed by atoms with Gasteiger partial charge in [-0.3, -0.25) is 4.90 Å². The second-order valence-electron chi connectivity index (χ2n) is 5.85. The third-order valence-electron chi connectivity index (χ3n) is 4.04. The van der Waals surface area contributed by atoms with Crippen LogP contribution in [0.15, 0.2) is 5.38 Å². The number of hydrogen-bond acceptors (Lipinski definition) is 5. The molecule has 1 aromatic heterocycles. The van der Waals surface area contributed by atoms with Gasteiger partial charge < -0.3 is 10.1 Å². The summed E-state index contributed by atoms with van der Waals surface area (Å²) in [5, 5.41) is 6.96. The van der Waals surface area contributed by atoms with Crippen LogP contribution in [0.1, 0.15) is 43.3 Å². The Morgan fingerprint density at radius 1 is 1.45 bits per heavy atom. The molecule has 0 aromatic carbocycles. The predicted octanol–water partition coefficient (Wildman–Crippen LogP) is 2.40. The Labute approximate surface area is 125 Å². The number of nitrogens with one attached hydrogen (secondary N) is 1. The van der Waals surface area contributed by atoms with Gasteiger partial charge in [-0.2, -0.15) is 0 Å². The SMILES string of the molecule is CCN(Cc1csc(CNC2CC2)n1)CC1CCCO1. The summed E-state index contributed by atoms with van der Waals surface area (Å²) in [6.07, 6.45) is 5.54. The van der Waals surface area contributed by atoms with Gasteiger partial charge in [-0.25, -0.2) is 4.98 Å². The molecule has 4 nitrogen and oxygen atoms in total. The van der Waals surface area contributed by atoms with Crippen LogP contribution in [0, 0.1) is 0 Å². The molecule has 3 rings (SSSR count). The summed E-state index contributed by atoms with van der Waals surface area (Å²) in [6, 6.07) is 0.758. The van der Waals surface area contributed by atoms with E-state index in [1.165, 1.54) is 36.4 Å². The Morgan fingerprint density at radius 3 is 3.05 bits per heavy atom. The van der Waals surface area contributed by atoms with Gasteiger partial charge in [0, 0.05) is 37.7 Å². The van der Waals surface area contributed by atoms with E-state index in [4.69, 9.17) is 9.72 Å². The van der Waals surface area contributed by atoms with E-state index >= 15 is 0 Å². The third-order valence-corrected chi connectivity index (χ3v) is 4.93. The van der Waals surface area contributed by atoms with Crippen molar-refractivity contribution in [2.75, 3.05) is 19.7 Å². The van der Waals surface area contributed by atoms with Crippen LogP contribution in [0.5, 0.6) is 0 Å². The fourth-order valence-corrected chi connectivity index (χ4v) is 3.37. The van der Waals surface area contributed by atoms with Gasteiger partial charge in [-0.15, -0.1) is 11.3 Å². The summed E-state index contributed by atoms with van der Waals surface area (Å²) in [5.41, 5.74) is 1.21. The van der Waals surface area contributed by atoms with E-state index in [9.17, 15) is 0 Å². The Hall–Kier alpha value is -0.490. The summed E-state index contributed by atoms with van der Waals surface area (Å²) in [7, 11) is 0. The highest BCUT2D eigenvalue weighted by Crippen LogP contribution is 2.20. The maximum atomic E-state index is 5.73. The maximum Gasteiger partial charge on any atom is 0.107 e. The molecule has 1 N–H and O–H groups in total. The molecule has 2 aliphatic rings. The van der Waals surface area contributed by atoms with Crippen molar-refractivity contribution in [1.29, 1.82) is 0 Å². The first-order valence-corrected chi connectivity index (χ1v) is 8.72. The second-order valence-corrected chi connectivity index (χ2v) is 6.79. The first-order chi connectivity index (χ1) is 9.83. The highest BCUT2D eigenvalue weighted by Gasteiger charge is 2.21. The largest absolute Gasteiger partial charge is 0.377 e. The van der Waals surface area contributed by atoms with Crippen molar-refractivity contribution >= 4 is 11.3 Å². The lowest BCUT2D eigenvalue weighted by Crippen LogP contribution is -2.31. The number of nitrogens with zero attached hydrogens (tertiary/aromatic N) is 2. The lowest BCUT2D eigenvalue weighted by Gasteiger charge is -2.22. The Kier molecular flexibility index (Phi) is 5.04. The predicted molar refractivity (Wildman–Crippen MR) is 81.9 cm³/mol. The first kappa shape index (κ1) is 14.4. The Balaban J connectivity index is 1.46. The van der Waals surface area contributed by atoms with Crippen molar-refractivity contribution in [3.05, 3.63) is 16.1 Å². The zero-order valence-corrected chi connectivity index (χ0v) is 13.1. The molecule has 0 bridgehead atoms. The zero-order chi connectivity index (χ0) is 13.8. The molecule has 1 aliphatic heterocycles. The van der Waals surface area contributed by atoms with Gasteiger partial charge in [0.15, 0.2) is 0 Å². The molecule has 1 unspecified atom stereocenters. The van der Waals surface area contributed by atoms with Gasteiger partial charge in [-0.05, 0) is 32.2 Å². The lowest BCUT2D eigenvalue weighted by molar-refractivity contribution is 0.0721. The average molecular weight is 295 g/mol. The van der Waals surface area contributed by atoms with Crippen molar-refractivity contribution < 1.29 is 4.74 Å². The van der Waals surface area contributed by atoms with Crippen molar-refractivity contribution in [1.82, 2.24) is 15.2 Å². The molecular weight excluding hydrogens is 270 g/mol. The Bertz CT molecular complexity index is 413. The van der Waals surface area contributed by atoms with Crippen molar-refractivity contribution in [3.8, 4) is 0 Å². The minimum absolute atomic E-state index is 0.435. The fourth-order valence-electron chi connectivity index (χ4n) is 2.63. The second kappa shape index (κ2) is 6.98. The van der Waals surface area contributed by atoms with Gasteiger partial charge >= 0.3 is 0 Å². The normalized spacial score (nSPS) is 22.8. The van der Waals surface area contributed by atoms with Gasteiger partial charge in [0.2, 0.25) is 0 Å². The maximum absolute atomic E-state index is 5.73. The number of thiazole rings is 1. The molecule has 0 amide bonds. The zero-order valence-electron chi connectivity index (χ0n) is 12.3. The van der Waals surface area contributed by atoms with Crippen molar-refractivity contribution in [2.24, 2.45) is 0 Å². The van der Waals surface area contributed by atoms with Crippen molar-refractivity contribution in [2.45, 2.75) is 57.8 Å². The fraction of sp³-hybridized carbons (Fsp3) is 0.800. The molecule has 1 aliphatic carbocycles. The van der Waals surface area contributed by atoms with E-state index in [1.54, 1.807) is 11.3 Å². The van der Waals surface area contributed by atoms with E-state index in [-0.39, 0.29) is 0 Å². The van der Waals surface area contributed by atoms with Crippen molar-refractivity contribution in [3.63, 3.8) is 0 Å². The van der Waals surface area contributed by atoms with Crippen LogP contribution >= 0.6 is 11.3 Å². The molecule has 112 valence electrons. The molecular formula is C15H25N3OS. The van der Waals surface area contributed by atoms with Crippen LogP contribution in [0.3, 0.4) is 0 Å². The van der Waals surface area contributed by atoms with Crippen LogP contribution < -0.4 is 5.32 Å². The molecule has 1 aromatic rings. The third kappa shape index (κ3) is 4.25. The van der Waals surface area contributed by atoms with E-state index in [2.05, 4.69) is 22.5 Å². The van der Waals surface area contributed by atoms with Gasteiger partial charge in [0.25, 0.3) is 0 Å². The smallest absolute Gasteiger partial charge is 0.107 e. The summed E-state index contributed by atoms with van der Waals surface area (Å²) >= 11 is 1.78. The monoisotopic (exact) mass is 295 g/mol. The summed E-state index contributed by atoms with van der Waals surface area (Å²) in [4.78, 5) is 7.19. The highest BCUT2D eigenvalue weighted by atomic mass is 32.1. The number of aromatic nitrogens is 1. The molecule has 2 fully saturated rings. The van der Waals surface area contributed by atoms with Crippen LogP contribution in [0.2, 0.25) is 0 Å². The average Bonchev–Trinajstić information content (AvgIpc) is 2.96. The Morgan fingerprint density at radius 2 is 2.35 bits per heavy atom. The number of hydrogen-bond donors (Lipinski definition) is 1. The quantitative estimate of drug-likeness (QED) is 0.799. The lowest BCUT2D eigenvalue weighted by atomic mass is 10.2. The molecule has 1 atom stereocenters. The molecule has 0 radical (unpaired) electrons. The molecule has 20 heavy (non-hydrogen) atoms. The standard InChI is InChI=1S/C15H25N3OS/c1-2-18(10-14-4-3-7-19-14)9-13-11-20-15(17-13)8-16-12-5-6-12/h11-12,14,16H,2-10H2,1H3. The molecule has 0 spiro atoms. The first-order valence-electron chi connectivity index (χ1n) is 7.84. The van der Waals surface area contributed by atoms with E-state index in [1.807, 2.05) is 0 Å². The minimum atomic E-state index is 0.435. The van der Waals surface area contributed by atoms with Crippen LogP contribution in [0.4, 0.5) is 0 Å². The topological polar surface area (TPSA) is 37.4 Å². The molecule has 5 heteroatoms. The molecule has 1 saturated carbocycles. The summed E-state index contributed by atoms with van der Waals surface area (Å²) in [6.45, 7) is 7.16. The number of rotatable bonds is 8.